The number of rotatable bonds is 10. The fourth-order valence-electron chi connectivity index (χ4n) is 2.89. The third kappa shape index (κ3) is 6.38. The molecule has 164 valence electrons. The zero-order valence-corrected chi connectivity index (χ0v) is 18.5. The number of fused-ring (bicyclic) bond motifs is 1. The van der Waals surface area contributed by atoms with Gasteiger partial charge in [-0.1, -0.05) is 37.7 Å². The summed E-state index contributed by atoms with van der Waals surface area (Å²) in [5.41, 5.74) is 0.775. The molecule has 6 nitrogen and oxygen atoms in total. The van der Waals surface area contributed by atoms with Crippen molar-refractivity contribution < 1.29 is 13.9 Å². The summed E-state index contributed by atoms with van der Waals surface area (Å²) in [6, 6.07) is 12.6. The number of carbonyl (C=O) groups is 1. The standard InChI is InChI=1S/C23H26FN3O3S/c1-16(2)11-13-30-14-12-25-21(28)15-31-23-26-20-6-4-3-5-19(20)22(29)27(23)18-9-7-17(24)8-10-18/h3-10,16H,11-15H2,1-2H3,(H,25,28). The summed E-state index contributed by atoms with van der Waals surface area (Å²) in [5, 5.41) is 3.64. The van der Waals surface area contributed by atoms with Gasteiger partial charge in [-0.2, -0.15) is 0 Å². The van der Waals surface area contributed by atoms with Crippen LogP contribution in [0.2, 0.25) is 0 Å². The van der Waals surface area contributed by atoms with E-state index in [1.54, 1.807) is 24.3 Å². The highest BCUT2D eigenvalue weighted by Gasteiger charge is 2.15. The number of ether oxygens (including phenoxy) is 1. The Bertz CT molecular complexity index is 1080. The van der Waals surface area contributed by atoms with Crippen molar-refractivity contribution in [1.29, 1.82) is 0 Å². The largest absolute Gasteiger partial charge is 0.380 e. The second-order valence-corrected chi connectivity index (χ2v) is 8.40. The van der Waals surface area contributed by atoms with Crippen molar-refractivity contribution in [1.82, 2.24) is 14.9 Å². The summed E-state index contributed by atoms with van der Waals surface area (Å²) in [5.74, 6) is 0.109. The minimum absolute atomic E-state index is 0.0952. The quantitative estimate of drug-likeness (QED) is 0.293. The number of thioether (sulfide) groups is 1. The first-order chi connectivity index (χ1) is 15.0. The highest BCUT2D eigenvalue weighted by molar-refractivity contribution is 7.99. The van der Waals surface area contributed by atoms with Gasteiger partial charge >= 0.3 is 0 Å². The summed E-state index contributed by atoms with van der Waals surface area (Å²) >= 11 is 1.16. The van der Waals surface area contributed by atoms with Crippen LogP contribution in [-0.2, 0) is 9.53 Å². The van der Waals surface area contributed by atoms with Crippen molar-refractivity contribution in [2.45, 2.75) is 25.4 Å². The van der Waals surface area contributed by atoms with Crippen LogP contribution in [0.15, 0.2) is 58.5 Å². The number of carbonyl (C=O) groups excluding carboxylic acids is 1. The van der Waals surface area contributed by atoms with Gasteiger partial charge in [0.15, 0.2) is 5.16 Å². The lowest BCUT2D eigenvalue weighted by Crippen LogP contribution is -2.29. The molecule has 0 saturated heterocycles. The highest BCUT2D eigenvalue weighted by Crippen LogP contribution is 2.21. The Hall–Kier alpha value is -2.71. The van der Waals surface area contributed by atoms with Gasteiger partial charge in [0, 0.05) is 13.2 Å². The molecule has 2 aromatic carbocycles. The number of para-hydroxylation sites is 1. The maximum Gasteiger partial charge on any atom is 0.266 e. The van der Waals surface area contributed by atoms with Crippen molar-refractivity contribution in [3.63, 3.8) is 0 Å². The first kappa shape index (κ1) is 23.0. The smallest absolute Gasteiger partial charge is 0.266 e. The van der Waals surface area contributed by atoms with Gasteiger partial charge in [-0.05, 0) is 48.7 Å². The van der Waals surface area contributed by atoms with Crippen molar-refractivity contribution in [3.8, 4) is 5.69 Å². The van der Waals surface area contributed by atoms with E-state index >= 15 is 0 Å². The monoisotopic (exact) mass is 443 g/mol. The van der Waals surface area contributed by atoms with E-state index in [2.05, 4.69) is 24.1 Å². The van der Waals surface area contributed by atoms with Crippen LogP contribution < -0.4 is 10.9 Å². The van der Waals surface area contributed by atoms with Gasteiger partial charge in [-0.3, -0.25) is 14.2 Å². The predicted molar refractivity (Wildman–Crippen MR) is 121 cm³/mol. The van der Waals surface area contributed by atoms with E-state index in [0.717, 1.165) is 18.2 Å². The topological polar surface area (TPSA) is 73.2 Å². The van der Waals surface area contributed by atoms with Gasteiger partial charge in [-0.25, -0.2) is 9.37 Å². The molecule has 0 aliphatic rings. The van der Waals surface area contributed by atoms with Gasteiger partial charge in [-0.15, -0.1) is 0 Å². The zero-order chi connectivity index (χ0) is 22.2. The highest BCUT2D eigenvalue weighted by atomic mass is 32.2. The molecular formula is C23H26FN3O3S. The van der Waals surface area contributed by atoms with Crippen LogP contribution in [-0.4, -0.2) is 41.0 Å². The van der Waals surface area contributed by atoms with Crippen molar-refractivity contribution >= 4 is 28.6 Å². The van der Waals surface area contributed by atoms with E-state index in [4.69, 9.17) is 4.74 Å². The van der Waals surface area contributed by atoms with E-state index in [1.807, 2.05) is 0 Å². The summed E-state index contributed by atoms with van der Waals surface area (Å²) in [7, 11) is 0. The molecule has 8 heteroatoms. The molecule has 0 saturated carbocycles. The maximum absolute atomic E-state index is 13.4. The molecule has 1 amide bonds. The van der Waals surface area contributed by atoms with Gasteiger partial charge in [0.25, 0.3) is 5.56 Å². The Morgan fingerprint density at radius 1 is 1.16 bits per heavy atom. The minimum atomic E-state index is -0.394. The lowest BCUT2D eigenvalue weighted by molar-refractivity contribution is -0.118. The first-order valence-corrected chi connectivity index (χ1v) is 11.2. The SMILES string of the molecule is CC(C)CCOCCNC(=O)CSc1nc2ccccc2c(=O)n1-c1ccc(F)cc1. The van der Waals surface area contributed by atoms with Crippen molar-refractivity contribution in [3.05, 3.63) is 64.7 Å². The Labute approximate surface area is 184 Å². The Morgan fingerprint density at radius 3 is 2.65 bits per heavy atom. The number of hydrogen-bond donors (Lipinski definition) is 1. The zero-order valence-electron chi connectivity index (χ0n) is 17.6. The Balaban J connectivity index is 1.71. The fourth-order valence-corrected chi connectivity index (χ4v) is 3.73. The number of nitrogens with one attached hydrogen (secondary N) is 1. The van der Waals surface area contributed by atoms with Gasteiger partial charge in [0.1, 0.15) is 5.82 Å². The molecule has 0 atom stereocenters. The van der Waals surface area contributed by atoms with E-state index in [0.29, 0.717) is 47.4 Å². The average molecular weight is 444 g/mol. The van der Waals surface area contributed by atoms with Crippen LogP contribution >= 0.6 is 11.8 Å². The number of halogens is 1. The minimum Gasteiger partial charge on any atom is -0.380 e. The molecular weight excluding hydrogens is 417 g/mol. The predicted octanol–water partition coefficient (Wildman–Crippen LogP) is 3.80. The summed E-state index contributed by atoms with van der Waals surface area (Å²) in [6.07, 6.45) is 0.984. The second kappa shape index (κ2) is 11.1. The summed E-state index contributed by atoms with van der Waals surface area (Å²) in [6.45, 7) is 5.82. The molecule has 1 N–H and O–H groups in total. The van der Waals surface area contributed by atoms with Crippen molar-refractivity contribution in [2.75, 3.05) is 25.5 Å². The molecule has 3 rings (SSSR count). The third-order valence-electron chi connectivity index (χ3n) is 4.57. The molecule has 0 unspecified atom stereocenters. The third-order valence-corrected chi connectivity index (χ3v) is 5.51. The molecule has 1 aromatic heterocycles. The summed E-state index contributed by atoms with van der Waals surface area (Å²) in [4.78, 5) is 29.9. The molecule has 0 radical (unpaired) electrons. The van der Waals surface area contributed by atoms with Crippen LogP contribution in [0.3, 0.4) is 0 Å². The molecule has 0 spiro atoms. The molecule has 1 heterocycles. The number of benzene rings is 2. The number of aromatic nitrogens is 2. The Kier molecular flexibility index (Phi) is 8.20. The van der Waals surface area contributed by atoms with E-state index < -0.39 is 5.82 Å². The fraction of sp³-hybridized carbons (Fsp3) is 0.348. The molecule has 0 aliphatic carbocycles. The average Bonchev–Trinajstić information content (AvgIpc) is 2.75. The van der Waals surface area contributed by atoms with Crippen LogP contribution in [0.4, 0.5) is 4.39 Å². The van der Waals surface area contributed by atoms with Crippen LogP contribution in [0, 0.1) is 11.7 Å². The van der Waals surface area contributed by atoms with E-state index in [1.165, 1.54) is 28.8 Å². The lowest BCUT2D eigenvalue weighted by atomic mass is 10.1. The maximum atomic E-state index is 13.4. The number of nitrogens with zero attached hydrogens (tertiary/aromatic N) is 2. The lowest BCUT2D eigenvalue weighted by Gasteiger charge is -2.13. The molecule has 0 bridgehead atoms. The van der Waals surface area contributed by atoms with E-state index in [9.17, 15) is 14.0 Å². The number of hydrogen-bond acceptors (Lipinski definition) is 5. The molecule has 3 aromatic rings. The van der Waals surface area contributed by atoms with Gasteiger partial charge < -0.3 is 10.1 Å². The normalized spacial score (nSPS) is 11.2. The molecule has 31 heavy (non-hydrogen) atoms. The van der Waals surface area contributed by atoms with Crippen LogP contribution in [0.1, 0.15) is 20.3 Å². The second-order valence-electron chi connectivity index (χ2n) is 7.46. The molecule has 0 aliphatic heterocycles. The van der Waals surface area contributed by atoms with Crippen LogP contribution in [0.5, 0.6) is 0 Å². The van der Waals surface area contributed by atoms with Crippen LogP contribution in [0.25, 0.3) is 16.6 Å². The first-order valence-electron chi connectivity index (χ1n) is 10.2. The van der Waals surface area contributed by atoms with Gasteiger partial charge in [0.2, 0.25) is 5.91 Å². The Morgan fingerprint density at radius 2 is 1.90 bits per heavy atom. The van der Waals surface area contributed by atoms with Crippen molar-refractivity contribution in [2.24, 2.45) is 5.92 Å². The summed E-state index contributed by atoms with van der Waals surface area (Å²) < 4.78 is 20.3. The number of amides is 1. The van der Waals surface area contributed by atoms with Gasteiger partial charge in [0.05, 0.1) is 29.0 Å². The van der Waals surface area contributed by atoms with E-state index in [-0.39, 0.29) is 17.2 Å². The molecule has 0 fully saturated rings.